The fourth-order valence-electron chi connectivity index (χ4n) is 5.09. The maximum atomic E-state index is 2.55. The molecule has 156 valence electrons. The van der Waals surface area contributed by atoms with Crippen molar-refractivity contribution in [2.75, 3.05) is 9.62 Å². The fourth-order valence-corrected chi connectivity index (χ4v) is 5.09. The van der Waals surface area contributed by atoms with Crippen LogP contribution in [0.5, 0.6) is 0 Å². The number of benzene rings is 3. The number of rotatable bonds is 2. The Morgan fingerprint density at radius 2 is 1.50 bits per heavy atom. The van der Waals surface area contributed by atoms with Gasteiger partial charge in [0.05, 0.1) is 11.9 Å². The molecule has 0 atom stereocenters. The maximum absolute atomic E-state index is 2.55. The second-order valence-corrected chi connectivity index (χ2v) is 9.80. The van der Waals surface area contributed by atoms with Gasteiger partial charge in [-0.2, -0.15) is 0 Å². The van der Waals surface area contributed by atoms with Crippen molar-refractivity contribution >= 4 is 35.3 Å². The van der Waals surface area contributed by atoms with Gasteiger partial charge in [-0.05, 0) is 40.7 Å². The molecule has 2 aliphatic heterocycles. The van der Waals surface area contributed by atoms with Crippen LogP contribution in [0.1, 0.15) is 31.9 Å². The van der Waals surface area contributed by atoms with Gasteiger partial charge in [-0.25, -0.2) is 4.57 Å². The average molecular weight is 416 g/mol. The van der Waals surface area contributed by atoms with Gasteiger partial charge < -0.3 is 4.81 Å². The van der Waals surface area contributed by atoms with Gasteiger partial charge in [0.25, 0.3) is 5.82 Å². The van der Waals surface area contributed by atoms with Crippen LogP contribution in [0.15, 0.2) is 97.2 Å². The second-order valence-electron chi connectivity index (χ2n) is 9.80. The predicted molar refractivity (Wildman–Crippen MR) is 133 cm³/mol. The second kappa shape index (κ2) is 6.99. The highest BCUT2D eigenvalue weighted by Crippen LogP contribution is 2.49. The molecule has 0 bridgehead atoms. The molecule has 3 nitrogen and oxygen atoms in total. The van der Waals surface area contributed by atoms with Gasteiger partial charge in [0, 0.05) is 17.3 Å². The molecule has 0 spiro atoms. The molecular weight excluding hydrogens is 389 g/mol. The molecule has 3 heterocycles. The molecule has 1 aromatic heterocycles. The van der Waals surface area contributed by atoms with E-state index in [9.17, 15) is 0 Å². The van der Waals surface area contributed by atoms with Crippen LogP contribution in [0, 0.1) is 0 Å². The first-order valence-electron chi connectivity index (χ1n) is 11.4. The Hall–Kier alpha value is -3.53. The third kappa shape index (κ3) is 2.86. The molecule has 0 aliphatic carbocycles. The zero-order chi connectivity index (χ0) is 21.9. The average Bonchev–Trinajstić information content (AvgIpc) is 3.16. The van der Waals surface area contributed by atoms with Gasteiger partial charge in [0.1, 0.15) is 12.2 Å². The molecule has 0 amide bonds. The summed E-state index contributed by atoms with van der Waals surface area (Å²) < 4.78 is 2.39. The van der Waals surface area contributed by atoms with Crippen LogP contribution in [-0.2, 0) is 12.0 Å². The van der Waals surface area contributed by atoms with Crippen LogP contribution in [0.3, 0.4) is 0 Å². The monoisotopic (exact) mass is 416 g/mol. The van der Waals surface area contributed by atoms with E-state index in [1.807, 2.05) is 0 Å². The highest BCUT2D eigenvalue weighted by atomic mass is 15.4. The van der Waals surface area contributed by atoms with Crippen molar-refractivity contribution < 1.29 is 4.57 Å². The van der Waals surface area contributed by atoms with Crippen molar-refractivity contribution in [3.05, 3.63) is 108 Å². The normalized spacial score (nSPS) is 14.4. The van der Waals surface area contributed by atoms with Gasteiger partial charge in [-0.15, -0.1) is 0 Å². The molecule has 6 rings (SSSR count). The molecule has 0 fully saturated rings. The first-order chi connectivity index (χ1) is 15.5. The molecule has 0 N–H and O–H groups in total. The Labute approximate surface area is 190 Å². The topological polar surface area (TPSA) is 10.4 Å². The first-order valence-corrected chi connectivity index (χ1v) is 11.4. The zero-order valence-electron chi connectivity index (χ0n) is 18.9. The molecule has 4 aromatic rings. The van der Waals surface area contributed by atoms with E-state index in [1.54, 1.807) is 0 Å². The minimum atomic E-state index is 0.0523. The van der Waals surface area contributed by atoms with E-state index in [4.69, 9.17) is 0 Å². The third-order valence-electron chi connectivity index (χ3n) is 6.69. The molecular formula is C28H27BN3+. The van der Waals surface area contributed by atoms with Gasteiger partial charge in [-0.3, -0.25) is 4.81 Å². The lowest BCUT2D eigenvalue weighted by Crippen LogP contribution is -2.57. The SMILES string of the molecule is CC(C)(C)c1cc[n+]2c(c1)N1B(c3ccccc3)N(c3ccccc3)c3cccc(c31)C2. The fraction of sp³-hybridized carbons (Fsp3) is 0.179. The Bertz CT molecular complexity index is 1300. The quantitative estimate of drug-likeness (QED) is 0.324. The number of fused-ring (bicyclic) bond motifs is 2. The molecule has 3 aromatic carbocycles. The smallest absolute Gasteiger partial charge is 0.336 e. The van der Waals surface area contributed by atoms with Crippen molar-refractivity contribution in [1.29, 1.82) is 0 Å². The van der Waals surface area contributed by atoms with Crippen LogP contribution >= 0.6 is 0 Å². The number of pyridine rings is 1. The zero-order valence-corrected chi connectivity index (χ0v) is 18.9. The molecule has 2 aliphatic rings. The summed E-state index contributed by atoms with van der Waals surface area (Å²) in [5.74, 6) is 1.25. The summed E-state index contributed by atoms with van der Waals surface area (Å²) in [4.78, 5) is 5.04. The lowest BCUT2D eigenvalue weighted by atomic mass is 9.64. The molecule has 0 saturated carbocycles. The molecule has 0 unspecified atom stereocenters. The summed E-state index contributed by atoms with van der Waals surface area (Å²) in [6.07, 6.45) is 2.26. The molecule has 0 saturated heterocycles. The van der Waals surface area contributed by atoms with Gasteiger partial charge in [0.15, 0.2) is 0 Å². The summed E-state index contributed by atoms with van der Waals surface area (Å²) in [5, 5.41) is 0. The van der Waals surface area contributed by atoms with Crippen LogP contribution in [0.2, 0.25) is 0 Å². The van der Waals surface area contributed by atoms with Gasteiger partial charge in [-0.1, -0.05) is 81.4 Å². The number of anilines is 4. The van der Waals surface area contributed by atoms with Crippen LogP contribution in [0.25, 0.3) is 0 Å². The van der Waals surface area contributed by atoms with Crippen LogP contribution < -0.4 is 19.7 Å². The minimum Gasteiger partial charge on any atom is -0.336 e. The van der Waals surface area contributed by atoms with Crippen molar-refractivity contribution in [3.63, 3.8) is 0 Å². The van der Waals surface area contributed by atoms with Crippen molar-refractivity contribution in [2.45, 2.75) is 32.7 Å². The van der Waals surface area contributed by atoms with Crippen LogP contribution in [0.4, 0.5) is 22.9 Å². The number of para-hydroxylation sites is 2. The number of nitrogens with zero attached hydrogens (tertiary/aromatic N) is 3. The highest BCUT2D eigenvalue weighted by Gasteiger charge is 2.54. The largest absolute Gasteiger partial charge is 0.542 e. The lowest BCUT2D eigenvalue weighted by molar-refractivity contribution is -0.676. The number of hydrogen-bond acceptors (Lipinski definition) is 2. The van der Waals surface area contributed by atoms with E-state index in [0.717, 1.165) is 6.54 Å². The van der Waals surface area contributed by atoms with Crippen LogP contribution in [-0.4, -0.2) is 6.98 Å². The third-order valence-corrected chi connectivity index (χ3v) is 6.69. The Morgan fingerprint density at radius 3 is 2.22 bits per heavy atom. The predicted octanol–water partition coefficient (Wildman–Crippen LogP) is 5.32. The van der Waals surface area contributed by atoms with Gasteiger partial charge >= 0.3 is 6.98 Å². The van der Waals surface area contributed by atoms with E-state index in [0.29, 0.717) is 0 Å². The van der Waals surface area contributed by atoms with Crippen molar-refractivity contribution in [1.82, 2.24) is 0 Å². The molecule has 32 heavy (non-hydrogen) atoms. The van der Waals surface area contributed by atoms with E-state index in [1.165, 1.54) is 39.5 Å². The summed E-state index contributed by atoms with van der Waals surface area (Å²) >= 11 is 0. The Kier molecular flexibility index (Phi) is 4.19. The van der Waals surface area contributed by atoms with E-state index < -0.39 is 0 Å². The summed E-state index contributed by atoms with van der Waals surface area (Å²) in [6, 6.07) is 33.1. The van der Waals surface area contributed by atoms with Gasteiger partial charge in [0.2, 0.25) is 0 Å². The van der Waals surface area contributed by atoms with E-state index in [2.05, 4.69) is 132 Å². The summed E-state index contributed by atoms with van der Waals surface area (Å²) in [5.41, 5.74) is 7.91. The van der Waals surface area contributed by atoms with E-state index >= 15 is 0 Å². The Morgan fingerprint density at radius 1 is 0.781 bits per heavy atom. The summed E-state index contributed by atoms with van der Waals surface area (Å²) in [6.45, 7) is 7.81. The summed E-state index contributed by atoms with van der Waals surface area (Å²) in [7, 11) is 0. The Balaban J connectivity index is 1.64. The van der Waals surface area contributed by atoms with E-state index in [-0.39, 0.29) is 12.4 Å². The molecule has 4 heteroatoms. The first kappa shape index (κ1) is 19.2. The highest BCUT2D eigenvalue weighted by molar-refractivity contribution is 6.84. The standard InChI is InChI=1S/C28H27BN3/c1-28(2,3)22-17-18-30-20-21-11-10-16-25-27(21)32(26(30)19-22)29(23-12-6-4-7-13-23)31(25)24-14-8-5-9-15-24/h4-19H,20H2,1-3H3/q+1. The number of hydrogen-bond donors (Lipinski definition) is 0. The minimum absolute atomic E-state index is 0.0523. The molecule has 0 radical (unpaired) electrons. The van der Waals surface area contributed by atoms with Crippen molar-refractivity contribution in [3.8, 4) is 0 Å². The van der Waals surface area contributed by atoms with Crippen molar-refractivity contribution in [2.24, 2.45) is 0 Å². The lowest BCUT2D eigenvalue weighted by Gasteiger charge is -2.28. The maximum Gasteiger partial charge on any atom is 0.542 e. The number of aromatic nitrogens is 1.